The number of hydrogen-bond donors (Lipinski definition) is 1. The van der Waals surface area contributed by atoms with Gasteiger partial charge in [0.05, 0.1) is 0 Å². The number of unbranched alkanes of at least 4 members (excludes halogenated alkanes) is 11. The van der Waals surface area contributed by atoms with E-state index in [1.807, 2.05) is 0 Å². The van der Waals surface area contributed by atoms with Crippen molar-refractivity contribution in [3.05, 3.63) is 32.6 Å². The molecule has 0 aliphatic carbocycles. The van der Waals surface area contributed by atoms with Gasteiger partial charge in [-0.25, -0.2) is 4.79 Å². The molecule has 1 heterocycles. The van der Waals surface area contributed by atoms with Gasteiger partial charge in [-0.2, -0.15) is 0 Å². The Kier molecular flexibility index (Phi) is 10.4. The number of nitrogens with zero attached hydrogens (tertiary/aromatic N) is 1. The average molecular weight is 322 g/mol. The van der Waals surface area contributed by atoms with E-state index in [-0.39, 0.29) is 11.2 Å². The quantitative estimate of drug-likeness (QED) is 0.542. The zero-order valence-electron chi connectivity index (χ0n) is 15.0. The molecule has 0 spiro atoms. The predicted octanol–water partition coefficient (Wildman–Crippen LogP) is 4.55. The minimum atomic E-state index is -0.288. The molecule has 132 valence electrons. The molecule has 1 N–H and O–H groups in total. The maximum absolute atomic E-state index is 11.6. The van der Waals surface area contributed by atoms with Crippen LogP contribution in [0.3, 0.4) is 0 Å². The van der Waals surface area contributed by atoms with Crippen molar-refractivity contribution in [3.8, 4) is 0 Å². The number of hydrogen-bond acceptors (Lipinski definition) is 2. The zero-order valence-corrected chi connectivity index (χ0v) is 15.0. The lowest BCUT2D eigenvalue weighted by Crippen LogP contribution is -2.30. The van der Waals surface area contributed by atoms with Crippen molar-refractivity contribution in [2.24, 2.45) is 0 Å². The molecule has 0 amide bonds. The van der Waals surface area contributed by atoms with Gasteiger partial charge in [-0.05, 0) is 13.3 Å². The molecule has 0 unspecified atom stereocenters. The number of aromatic nitrogens is 2. The molecule has 1 rings (SSSR count). The van der Waals surface area contributed by atoms with Gasteiger partial charge in [0.25, 0.3) is 5.56 Å². The second kappa shape index (κ2) is 12.1. The van der Waals surface area contributed by atoms with E-state index in [1.165, 1.54) is 64.2 Å². The maximum Gasteiger partial charge on any atom is 0.328 e. The number of rotatable bonds is 13. The maximum atomic E-state index is 11.6. The Labute approximate surface area is 140 Å². The number of aromatic amines is 1. The molecule has 0 aromatic carbocycles. The van der Waals surface area contributed by atoms with Crippen molar-refractivity contribution in [2.75, 3.05) is 0 Å². The summed E-state index contributed by atoms with van der Waals surface area (Å²) in [5.41, 5.74) is 0.0353. The standard InChI is InChI=1S/C19H34N2O2/c1-3-4-5-6-7-8-9-10-11-12-13-14-15-21-16-17(2)18(22)20-19(21)23/h16H,3-15H2,1-2H3,(H,20,22,23). The summed E-state index contributed by atoms with van der Waals surface area (Å²) in [4.78, 5) is 25.3. The van der Waals surface area contributed by atoms with Crippen LogP contribution in [-0.2, 0) is 6.54 Å². The first kappa shape index (κ1) is 19.7. The monoisotopic (exact) mass is 322 g/mol. The molecule has 1 aromatic heterocycles. The third-order valence-electron chi connectivity index (χ3n) is 4.44. The van der Waals surface area contributed by atoms with E-state index in [2.05, 4.69) is 11.9 Å². The molecule has 0 aliphatic heterocycles. The van der Waals surface area contributed by atoms with E-state index < -0.39 is 0 Å². The van der Waals surface area contributed by atoms with Crippen LogP contribution < -0.4 is 11.2 Å². The summed E-state index contributed by atoms with van der Waals surface area (Å²) >= 11 is 0. The summed E-state index contributed by atoms with van der Waals surface area (Å²) in [6, 6.07) is 0. The Morgan fingerprint density at radius 1 is 0.826 bits per heavy atom. The molecular weight excluding hydrogens is 288 g/mol. The van der Waals surface area contributed by atoms with Crippen molar-refractivity contribution in [1.82, 2.24) is 9.55 Å². The minimum Gasteiger partial charge on any atom is -0.300 e. The Hall–Kier alpha value is -1.32. The van der Waals surface area contributed by atoms with Gasteiger partial charge in [0.2, 0.25) is 0 Å². The van der Waals surface area contributed by atoms with Crippen LogP contribution in [0.2, 0.25) is 0 Å². The van der Waals surface area contributed by atoms with Gasteiger partial charge < -0.3 is 4.57 Å². The fourth-order valence-corrected chi connectivity index (χ4v) is 2.91. The Morgan fingerprint density at radius 2 is 1.30 bits per heavy atom. The molecule has 0 atom stereocenters. The Morgan fingerprint density at radius 3 is 1.83 bits per heavy atom. The topological polar surface area (TPSA) is 54.9 Å². The number of aryl methyl sites for hydroxylation is 2. The van der Waals surface area contributed by atoms with Crippen LogP contribution in [0.15, 0.2) is 15.8 Å². The summed E-state index contributed by atoms with van der Waals surface area (Å²) in [7, 11) is 0. The van der Waals surface area contributed by atoms with Gasteiger partial charge >= 0.3 is 5.69 Å². The summed E-state index contributed by atoms with van der Waals surface area (Å²) in [5.74, 6) is 0. The van der Waals surface area contributed by atoms with Crippen molar-refractivity contribution < 1.29 is 0 Å². The van der Waals surface area contributed by atoms with Gasteiger partial charge in [0.15, 0.2) is 0 Å². The second-order valence-electron chi connectivity index (χ2n) is 6.65. The number of H-pyrrole nitrogens is 1. The van der Waals surface area contributed by atoms with Crippen LogP contribution in [0, 0.1) is 6.92 Å². The normalized spacial score (nSPS) is 11.0. The summed E-state index contributed by atoms with van der Waals surface area (Å²) in [6.45, 7) is 4.69. The van der Waals surface area contributed by atoms with Crippen molar-refractivity contribution >= 4 is 0 Å². The van der Waals surface area contributed by atoms with E-state index in [4.69, 9.17) is 0 Å². The zero-order chi connectivity index (χ0) is 16.9. The fourth-order valence-electron chi connectivity index (χ4n) is 2.91. The van der Waals surface area contributed by atoms with Crippen LogP contribution in [0.1, 0.15) is 89.5 Å². The molecule has 4 heteroatoms. The largest absolute Gasteiger partial charge is 0.328 e. The molecule has 0 radical (unpaired) electrons. The van der Waals surface area contributed by atoms with Gasteiger partial charge in [-0.3, -0.25) is 9.78 Å². The third-order valence-corrected chi connectivity index (χ3v) is 4.44. The lowest BCUT2D eigenvalue weighted by atomic mass is 10.1. The van der Waals surface area contributed by atoms with Gasteiger partial charge in [-0.1, -0.05) is 77.6 Å². The highest BCUT2D eigenvalue weighted by molar-refractivity contribution is 5.00. The average Bonchev–Trinajstić information content (AvgIpc) is 2.53. The fraction of sp³-hybridized carbons (Fsp3) is 0.789. The van der Waals surface area contributed by atoms with E-state index in [9.17, 15) is 9.59 Å². The first-order chi connectivity index (χ1) is 11.1. The molecular formula is C19H34N2O2. The van der Waals surface area contributed by atoms with Crippen LogP contribution in [0.4, 0.5) is 0 Å². The van der Waals surface area contributed by atoms with Crippen molar-refractivity contribution in [3.63, 3.8) is 0 Å². The molecule has 0 fully saturated rings. The lowest BCUT2D eigenvalue weighted by Gasteiger charge is -2.06. The first-order valence-corrected chi connectivity index (χ1v) is 9.45. The van der Waals surface area contributed by atoms with Crippen LogP contribution in [0.5, 0.6) is 0 Å². The lowest BCUT2D eigenvalue weighted by molar-refractivity contribution is 0.521. The minimum absolute atomic E-state index is 0.277. The van der Waals surface area contributed by atoms with E-state index in [1.54, 1.807) is 17.7 Å². The van der Waals surface area contributed by atoms with Crippen LogP contribution in [-0.4, -0.2) is 9.55 Å². The predicted molar refractivity (Wildman–Crippen MR) is 97.1 cm³/mol. The third kappa shape index (κ3) is 8.77. The molecule has 0 saturated heterocycles. The molecule has 23 heavy (non-hydrogen) atoms. The van der Waals surface area contributed by atoms with E-state index in [0.717, 1.165) is 12.8 Å². The molecule has 0 saturated carbocycles. The van der Waals surface area contributed by atoms with Crippen LogP contribution in [0.25, 0.3) is 0 Å². The number of nitrogens with one attached hydrogen (secondary N) is 1. The second-order valence-corrected chi connectivity index (χ2v) is 6.65. The summed E-state index contributed by atoms with van der Waals surface area (Å²) < 4.78 is 1.62. The van der Waals surface area contributed by atoms with Gasteiger partial charge in [0.1, 0.15) is 0 Å². The van der Waals surface area contributed by atoms with Gasteiger partial charge in [-0.15, -0.1) is 0 Å². The molecule has 0 aliphatic rings. The Balaban J connectivity index is 1.99. The summed E-state index contributed by atoms with van der Waals surface area (Å²) in [6.07, 6.45) is 17.4. The van der Waals surface area contributed by atoms with E-state index >= 15 is 0 Å². The van der Waals surface area contributed by atoms with E-state index in [0.29, 0.717) is 12.1 Å². The van der Waals surface area contributed by atoms with Crippen LogP contribution >= 0.6 is 0 Å². The first-order valence-electron chi connectivity index (χ1n) is 9.45. The Bertz CT molecular complexity index is 531. The highest BCUT2D eigenvalue weighted by Crippen LogP contribution is 2.12. The van der Waals surface area contributed by atoms with Gasteiger partial charge in [0, 0.05) is 18.3 Å². The highest BCUT2D eigenvalue weighted by atomic mass is 16.2. The highest BCUT2D eigenvalue weighted by Gasteiger charge is 2.00. The smallest absolute Gasteiger partial charge is 0.300 e. The van der Waals surface area contributed by atoms with Crippen molar-refractivity contribution in [2.45, 2.75) is 97.4 Å². The SMILES string of the molecule is CCCCCCCCCCCCCCn1cc(C)c(=O)[nH]c1=O. The summed E-state index contributed by atoms with van der Waals surface area (Å²) in [5, 5.41) is 0. The van der Waals surface area contributed by atoms with Crippen molar-refractivity contribution in [1.29, 1.82) is 0 Å². The molecule has 0 bridgehead atoms. The molecule has 1 aromatic rings. The molecule has 4 nitrogen and oxygen atoms in total.